The fourth-order valence-electron chi connectivity index (χ4n) is 1.95. The van der Waals surface area contributed by atoms with Crippen molar-refractivity contribution in [2.24, 2.45) is 7.05 Å². The Hall–Kier alpha value is -1.83. The first kappa shape index (κ1) is 13.2. The quantitative estimate of drug-likeness (QED) is 0.706. The summed E-state index contributed by atoms with van der Waals surface area (Å²) in [5.74, 6) is 1.76. The summed E-state index contributed by atoms with van der Waals surface area (Å²) in [6.45, 7) is 0.658. The number of benzene rings is 1. The lowest BCUT2D eigenvalue weighted by Crippen LogP contribution is -1.99. The molecule has 0 aliphatic heterocycles. The van der Waals surface area contributed by atoms with Gasteiger partial charge in [0.05, 0.1) is 6.54 Å². The largest absolute Gasteiger partial charge is 0.454 e. The molecule has 102 valence electrons. The van der Waals surface area contributed by atoms with Gasteiger partial charge >= 0.3 is 0 Å². The van der Waals surface area contributed by atoms with Crippen molar-refractivity contribution in [2.75, 3.05) is 5.32 Å². The fraction of sp³-hybridized carbons (Fsp3) is 0.143. The fourth-order valence-corrected chi connectivity index (χ4v) is 2.41. The van der Waals surface area contributed by atoms with E-state index >= 15 is 0 Å². The Balaban J connectivity index is 1.76. The average molecular weight is 380 g/mol. The molecular formula is C14H13IN4O. The lowest BCUT2D eigenvalue weighted by molar-refractivity contribution is 0.493. The molecule has 6 heteroatoms. The van der Waals surface area contributed by atoms with Crippen LogP contribution in [0.5, 0.6) is 0 Å². The van der Waals surface area contributed by atoms with Gasteiger partial charge in [-0.15, -0.1) is 10.2 Å². The van der Waals surface area contributed by atoms with Gasteiger partial charge in [-0.3, -0.25) is 0 Å². The van der Waals surface area contributed by atoms with E-state index in [1.165, 1.54) is 0 Å². The van der Waals surface area contributed by atoms with Crippen LogP contribution in [0.1, 0.15) is 5.76 Å². The van der Waals surface area contributed by atoms with Crippen molar-refractivity contribution in [1.82, 2.24) is 14.8 Å². The minimum absolute atomic E-state index is 0.658. The highest BCUT2D eigenvalue weighted by atomic mass is 127. The molecule has 0 aliphatic rings. The Morgan fingerprint density at radius 3 is 2.90 bits per heavy atom. The van der Waals surface area contributed by atoms with Crippen molar-refractivity contribution in [2.45, 2.75) is 6.54 Å². The third kappa shape index (κ3) is 2.84. The van der Waals surface area contributed by atoms with Crippen LogP contribution in [-0.4, -0.2) is 14.8 Å². The van der Waals surface area contributed by atoms with Gasteiger partial charge in [0.15, 0.2) is 9.59 Å². The topological polar surface area (TPSA) is 55.9 Å². The average Bonchev–Trinajstić information content (AvgIpc) is 3.05. The molecule has 3 aromatic rings. The molecule has 5 nitrogen and oxygen atoms in total. The van der Waals surface area contributed by atoms with Crippen LogP contribution < -0.4 is 5.32 Å². The van der Waals surface area contributed by atoms with E-state index in [4.69, 9.17) is 4.42 Å². The maximum Gasteiger partial charge on any atom is 0.164 e. The summed E-state index contributed by atoms with van der Waals surface area (Å²) >= 11 is 2.16. The number of hydrogen-bond acceptors (Lipinski definition) is 4. The van der Waals surface area contributed by atoms with E-state index in [1.807, 2.05) is 41.9 Å². The predicted octanol–water partition coefficient (Wildman–Crippen LogP) is 3.29. The number of aryl methyl sites for hydroxylation is 1. The lowest BCUT2D eigenvalue weighted by atomic mass is 10.2. The Kier molecular flexibility index (Phi) is 3.72. The second kappa shape index (κ2) is 5.66. The summed E-state index contributed by atoms with van der Waals surface area (Å²) in [5, 5.41) is 11.4. The first-order chi connectivity index (χ1) is 9.72. The van der Waals surface area contributed by atoms with Crippen molar-refractivity contribution in [1.29, 1.82) is 0 Å². The zero-order valence-electron chi connectivity index (χ0n) is 10.9. The van der Waals surface area contributed by atoms with Crippen LogP contribution in [0.4, 0.5) is 5.69 Å². The Labute approximate surface area is 130 Å². The van der Waals surface area contributed by atoms with Gasteiger partial charge in [-0.05, 0) is 46.9 Å². The molecule has 1 N–H and O–H groups in total. The smallest absolute Gasteiger partial charge is 0.164 e. The first-order valence-electron chi connectivity index (χ1n) is 6.15. The Morgan fingerprint density at radius 2 is 2.20 bits per heavy atom. The Bertz CT molecular complexity index is 719. The van der Waals surface area contributed by atoms with Gasteiger partial charge in [0.25, 0.3) is 0 Å². The molecule has 0 bridgehead atoms. The third-order valence-electron chi connectivity index (χ3n) is 2.93. The number of anilines is 1. The first-order valence-corrected chi connectivity index (χ1v) is 7.23. The molecule has 0 saturated heterocycles. The summed E-state index contributed by atoms with van der Waals surface area (Å²) in [5.41, 5.74) is 2.06. The van der Waals surface area contributed by atoms with Crippen LogP contribution in [0.15, 0.2) is 47.1 Å². The summed E-state index contributed by atoms with van der Waals surface area (Å²) in [6.07, 6.45) is 1.69. The van der Waals surface area contributed by atoms with Gasteiger partial charge < -0.3 is 14.3 Å². The van der Waals surface area contributed by atoms with Crippen molar-refractivity contribution in [3.8, 4) is 11.4 Å². The number of aromatic nitrogens is 3. The summed E-state index contributed by atoms with van der Waals surface area (Å²) < 4.78 is 8.32. The number of nitrogens with one attached hydrogen (secondary N) is 1. The summed E-state index contributed by atoms with van der Waals surface area (Å²) in [7, 11) is 1.93. The zero-order chi connectivity index (χ0) is 13.9. The molecule has 0 saturated carbocycles. The van der Waals surface area contributed by atoms with Gasteiger partial charge in [-0.2, -0.15) is 0 Å². The van der Waals surface area contributed by atoms with E-state index in [1.54, 1.807) is 6.33 Å². The number of hydrogen-bond donors (Lipinski definition) is 1. The van der Waals surface area contributed by atoms with Gasteiger partial charge in [0.1, 0.15) is 12.1 Å². The highest BCUT2D eigenvalue weighted by Gasteiger charge is 2.05. The minimum atomic E-state index is 0.658. The van der Waals surface area contributed by atoms with Crippen LogP contribution in [-0.2, 0) is 13.6 Å². The molecule has 0 spiro atoms. The van der Waals surface area contributed by atoms with Crippen molar-refractivity contribution < 1.29 is 4.42 Å². The van der Waals surface area contributed by atoms with Crippen LogP contribution in [0.3, 0.4) is 0 Å². The number of halogens is 1. The second-order valence-electron chi connectivity index (χ2n) is 4.41. The molecule has 1 aromatic carbocycles. The van der Waals surface area contributed by atoms with Gasteiger partial charge in [-0.25, -0.2) is 0 Å². The molecule has 0 unspecified atom stereocenters. The molecular weight excluding hydrogens is 367 g/mol. The molecule has 3 rings (SSSR count). The number of furan rings is 1. The van der Waals surface area contributed by atoms with E-state index in [9.17, 15) is 0 Å². The monoisotopic (exact) mass is 380 g/mol. The van der Waals surface area contributed by atoms with E-state index in [-0.39, 0.29) is 0 Å². The van der Waals surface area contributed by atoms with Gasteiger partial charge in [0, 0.05) is 18.3 Å². The highest BCUT2D eigenvalue weighted by Crippen LogP contribution is 2.21. The van der Waals surface area contributed by atoms with E-state index in [2.05, 4.69) is 44.2 Å². The lowest BCUT2D eigenvalue weighted by Gasteiger charge is -2.07. The standard InChI is InChI=1S/C14H13IN4O/c1-19-9-17-18-14(19)10-3-2-4-11(7-10)16-8-12-5-6-13(15)20-12/h2-7,9,16H,8H2,1H3. The van der Waals surface area contributed by atoms with E-state index in [0.29, 0.717) is 6.54 Å². The number of nitrogens with zero attached hydrogens (tertiary/aromatic N) is 3. The molecule has 0 atom stereocenters. The van der Waals surface area contributed by atoms with Gasteiger partial charge in [-0.1, -0.05) is 12.1 Å². The number of rotatable bonds is 4. The third-order valence-corrected chi connectivity index (χ3v) is 3.51. The van der Waals surface area contributed by atoms with Crippen LogP contribution in [0.2, 0.25) is 0 Å². The molecule has 20 heavy (non-hydrogen) atoms. The maximum absolute atomic E-state index is 5.52. The van der Waals surface area contributed by atoms with Crippen LogP contribution in [0, 0.1) is 3.77 Å². The Morgan fingerprint density at radius 1 is 1.30 bits per heavy atom. The maximum atomic E-state index is 5.52. The highest BCUT2D eigenvalue weighted by molar-refractivity contribution is 14.1. The molecule has 2 aromatic heterocycles. The predicted molar refractivity (Wildman–Crippen MR) is 85.2 cm³/mol. The molecule has 0 aliphatic carbocycles. The van der Waals surface area contributed by atoms with Crippen molar-refractivity contribution >= 4 is 28.3 Å². The molecule has 2 heterocycles. The van der Waals surface area contributed by atoms with Crippen molar-refractivity contribution in [3.63, 3.8) is 0 Å². The van der Waals surface area contributed by atoms with E-state index < -0.39 is 0 Å². The van der Waals surface area contributed by atoms with Crippen molar-refractivity contribution in [3.05, 3.63) is 52.3 Å². The van der Waals surface area contributed by atoms with Crippen LogP contribution in [0.25, 0.3) is 11.4 Å². The van der Waals surface area contributed by atoms with Crippen LogP contribution >= 0.6 is 22.6 Å². The second-order valence-corrected chi connectivity index (χ2v) is 5.47. The zero-order valence-corrected chi connectivity index (χ0v) is 13.0. The normalized spacial score (nSPS) is 10.7. The minimum Gasteiger partial charge on any atom is -0.454 e. The van der Waals surface area contributed by atoms with Gasteiger partial charge in [0.2, 0.25) is 0 Å². The summed E-state index contributed by atoms with van der Waals surface area (Å²) in [4.78, 5) is 0. The molecule has 0 amide bonds. The molecule has 0 fully saturated rings. The van der Waals surface area contributed by atoms with E-state index in [0.717, 1.165) is 26.6 Å². The SMILES string of the molecule is Cn1cnnc1-c1cccc(NCc2ccc(I)o2)c1. The molecule has 0 radical (unpaired) electrons. The summed E-state index contributed by atoms with van der Waals surface area (Å²) in [6, 6.07) is 12.0.